The summed E-state index contributed by atoms with van der Waals surface area (Å²) in [5.41, 5.74) is 0. The van der Waals surface area contributed by atoms with E-state index in [4.69, 9.17) is 0 Å². The molecule has 1 amide bonds. The number of hydrogen-bond donors (Lipinski definition) is 2. The van der Waals surface area contributed by atoms with Crippen LogP contribution in [0.1, 0.15) is 5.82 Å². The number of carbonyl (C=O) groups is 1. The monoisotopic (exact) mass is 205 g/mol. The Morgan fingerprint density at radius 1 is 1.53 bits per heavy atom. The van der Waals surface area contributed by atoms with Gasteiger partial charge in [-0.25, -0.2) is 14.8 Å². The summed E-state index contributed by atoms with van der Waals surface area (Å²) >= 11 is 0. The number of imidazole rings is 2. The normalized spacial score (nSPS) is 10.1. The molecule has 2 aromatic heterocycles. The Labute approximate surface area is 86.4 Å². The van der Waals surface area contributed by atoms with E-state index < -0.39 is 0 Å². The molecule has 0 spiro atoms. The van der Waals surface area contributed by atoms with Crippen LogP contribution in [0, 0.1) is 0 Å². The Kier molecular flexibility index (Phi) is 2.77. The second-order valence-corrected chi connectivity index (χ2v) is 2.99. The van der Waals surface area contributed by atoms with E-state index in [0.717, 1.165) is 5.82 Å². The molecule has 2 aromatic rings. The maximum Gasteiger partial charge on any atom is 0.326 e. The van der Waals surface area contributed by atoms with Crippen LogP contribution in [-0.4, -0.2) is 32.1 Å². The molecular formula is C9H11N5O. The third-order valence-electron chi connectivity index (χ3n) is 1.93. The number of carbonyl (C=O) groups excluding carboxylic acids is 1. The van der Waals surface area contributed by atoms with E-state index >= 15 is 0 Å². The molecule has 0 bridgehead atoms. The van der Waals surface area contributed by atoms with Gasteiger partial charge in [0, 0.05) is 37.8 Å². The Morgan fingerprint density at radius 2 is 2.47 bits per heavy atom. The second-order valence-electron chi connectivity index (χ2n) is 2.99. The number of hydrogen-bond acceptors (Lipinski definition) is 3. The van der Waals surface area contributed by atoms with Crippen molar-refractivity contribution in [2.75, 3.05) is 6.54 Å². The Morgan fingerprint density at radius 3 is 3.13 bits per heavy atom. The van der Waals surface area contributed by atoms with Gasteiger partial charge >= 0.3 is 6.03 Å². The molecule has 2 rings (SSSR count). The first-order chi connectivity index (χ1) is 7.36. The molecule has 6 nitrogen and oxygen atoms in total. The SMILES string of the molecule is O=C(NCCc1ncc[nH]1)n1ccnc1. The van der Waals surface area contributed by atoms with Crippen LogP contribution in [0.4, 0.5) is 4.79 Å². The summed E-state index contributed by atoms with van der Waals surface area (Å²) in [6, 6.07) is -0.181. The molecule has 2 N–H and O–H groups in total. The first-order valence-electron chi connectivity index (χ1n) is 4.60. The second kappa shape index (κ2) is 4.41. The lowest BCUT2D eigenvalue weighted by Gasteiger charge is -2.03. The number of aromatic amines is 1. The lowest BCUT2D eigenvalue weighted by atomic mass is 10.4. The van der Waals surface area contributed by atoms with Crippen LogP contribution in [0.3, 0.4) is 0 Å². The van der Waals surface area contributed by atoms with E-state index in [2.05, 4.69) is 20.3 Å². The van der Waals surface area contributed by atoms with Crippen LogP contribution in [0.2, 0.25) is 0 Å². The number of rotatable bonds is 3. The van der Waals surface area contributed by atoms with Gasteiger partial charge in [-0.3, -0.25) is 4.57 Å². The average molecular weight is 205 g/mol. The van der Waals surface area contributed by atoms with Crippen molar-refractivity contribution in [3.05, 3.63) is 36.9 Å². The van der Waals surface area contributed by atoms with Gasteiger partial charge in [-0.2, -0.15) is 0 Å². The van der Waals surface area contributed by atoms with Crippen molar-refractivity contribution in [2.24, 2.45) is 0 Å². The van der Waals surface area contributed by atoms with Crippen LogP contribution in [0.25, 0.3) is 0 Å². The van der Waals surface area contributed by atoms with E-state index in [-0.39, 0.29) is 6.03 Å². The van der Waals surface area contributed by atoms with Gasteiger partial charge in [-0.05, 0) is 0 Å². The minimum Gasteiger partial charge on any atom is -0.349 e. The highest BCUT2D eigenvalue weighted by molar-refractivity contribution is 5.76. The summed E-state index contributed by atoms with van der Waals surface area (Å²) in [6.07, 6.45) is 8.75. The van der Waals surface area contributed by atoms with E-state index in [1.807, 2.05) is 0 Å². The van der Waals surface area contributed by atoms with Gasteiger partial charge in [-0.15, -0.1) is 0 Å². The van der Waals surface area contributed by atoms with E-state index in [9.17, 15) is 4.79 Å². The molecular weight excluding hydrogens is 194 g/mol. The van der Waals surface area contributed by atoms with Crippen molar-refractivity contribution in [1.82, 2.24) is 24.8 Å². The Bertz CT molecular complexity index is 406. The molecule has 0 unspecified atom stereocenters. The highest BCUT2D eigenvalue weighted by Crippen LogP contribution is 1.89. The van der Waals surface area contributed by atoms with Crippen LogP contribution in [-0.2, 0) is 6.42 Å². The van der Waals surface area contributed by atoms with Crippen LogP contribution >= 0.6 is 0 Å². The van der Waals surface area contributed by atoms with Crippen LogP contribution in [0.5, 0.6) is 0 Å². The Hall–Kier alpha value is -2.11. The minimum atomic E-state index is -0.181. The third kappa shape index (κ3) is 2.43. The smallest absolute Gasteiger partial charge is 0.326 e. The zero-order valence-electron chi connectivity index (χ0n) is 8.05. The average Bonchev–Trinajstić information content (AvgIpc) is 2.90. The lowest BCUT2D eigenvalue weighted by Crippen LogP contribution is -2.29. The van der Waals surface area contributed by atoms with Gasteiger partial charge in [0.05, 0.1) is 0 Å². The largest absolute Gasteiger partial charge is 0.349 e. The number of amides is 1. The van der Waals surface area contributed by atoms with E-state index in [1.54, 1.807) is 24.8 Å². The van der Waals surface area contributed by atoms with Gasteiger partial charge in [0.1, 0.15) is 12.2 Å². The first-order valence-corrected chi connectivity index (χ1v) is 4.60. The topological polar surface area (TPSA) is 75.6 Å². The van der Waals surface area contributed by atoms with Crippen molar-refractivity contribution in [1.29, 1.82) is 0 Å². The number of aromatic nitrogens is 4. The van der Waals surface area contributed by atoms with Crippen LogP contribution < -0.4 is 5.32 Å². The fourth-order valence-corrected chi connectivity index (χ4v) is 1.19. The van der Waals surface area contributed by atoms with Gasteiger partial charge in [0.2, 0.25) is 0 Å². The zero-order valence-corrected chi connectivity index (χ0v) is 8.05. The van der Waals surface area contributed by atoms with Crippen molar-refractivity contribution in [3.63, 3.8) is 0 Å². The van der Waals surface area contributed by atoms with E-state index in [1.165, 1.54) is 10.9 Å². The molecule has 0 aromatic carbocycles. The summed E-state index contributed by atoms with van der Waals surface area (Å²) in [7, 11) is 0. The minimum absolute atomic E-state index is 0.181. The highest BCUT2D eigenvalue weighted by Gasteiger charge is 2.02. The van der Waals surface area contributed by atoms with Gasteiger partial charge in [-0.1, -0.05) is 0 Å². The summed E-state index contributed by atoms with van der Waals surface area (Å²) in [5, 5.41) is 2.75. The van der Waals surface area contributed by atoms with Crippen molar-refractivity contribution in [2.45, 2.75) is 6.42 Å². The molecule has 2 heterocycles. The highest BCUT2D eigenvalue weighted by atomic mass is 16.2. The third-order valence-corrected chi connectivity index (χ3v) is 1.93. The fraction of sp³-hybridized carbons (Fsp3) is 0.222. The summed E-state index contributed by atoms with van der Waals surface area (Å²) in [4.78, 5) is 22.2. The predicted octanol–water partition coefficient (Wildman–Crippen LogP) is 0.407. The Balaban J connectivity index is 1.77. The molecule has 78 valence electrons. The maximum atomic E-state index is 11.4. The molecule has 0 fully saturated rings. The molecule has 0 aliphatic heterocycles. The summed E-state index contributed by atoms with van der Waals surface area (Å²) in [5.74, 6) is 0.862. The summed E-state index contributed by atoms with van der Waals surface area (Å²) < 4.78 is 1.39. The van der Waals surface area contributed by atoms with Crippen molar-refractivity contribution >= 4 is 6.03 Å². The van der Waals surface area contributed by atoms with Crippen molar-refractivity contribution in [3.8, 4) is 0 Å². The summed E-state index contributed by atoms with van der Waals surface area (Å²) in [6.45, 7) is 0.546. The van der Waals surface area contributed by atoms with E-state index in [0.29, 0.717) is 13.0 Å². The van der Waals surface area contributed by atoms with Gasteiger partial charge in [0.25, 0.3) is 0 Å². The molecule has 15 heavy (non-hydrogen) atoms. The zero-order chi connectivity index (χ0) is 10.5. The molecule has 0 radical (unpaired) electrons. The molecule has 0 aliphatic rings. The first kappa shape index (κ1) is 9.45. The number of nitrogens with one attached hydrogen (secondary N) is 2. The quantitative estimate of drug-likeness (QED) is 0.761. The molecule has 0 atom stereocenters. The standard InChI is InChI=1S/C9H11N5O/c15-9(14-6-5-10-7-14)13-2-1-8-11-3-4-12-8/h3-7H,1-2H2,(H,11,12)(H,13,15). The number of nitrogens with zero attached hydrogens (tertiary/aromatic N) is 3. The molecule has 6 heteroatoms. The molecule has 0 saturated carbocycles. The maximum absolute atomic E-state index is 11.4. The lowest BCUT2D eigenvalue weighted by molar-refractivity contribution is 0.242. The van der Waals surface area contributed by atoms with Gasteiger partial charge in [0.15, 0.2) is 0 Å². The van der Waals surface area contributed by atoms with Crippen molar-refractivity contribution < 1.29 is 4.79 Å². The van der Waals surface area contributed by atoms with Gasteiger partial charge < -0.3 is 10.3 Å². The fourth-order valence-electron chi connectivity index (χ4n) is 1.19. The predicted molar refractivity (Wildman–Crippen MR) is 53.3 cm³/mol. The van der Waals surface area contributed by atoms with Crippen LogP contribution in [0.15, 0.2) is 31.1 Å². The molecule has 0 saturated heterocycles. The number of H-pyrrole nitrogens is 1. The molecule has 0 aliphatic carbocycles.